The van der Waals surface area contributed by atoms with Gasteiger partial charge in [0.25, 0.3) is 11.8 Å². The maximum Gasteiger partial charge on any atom is 0.338 e. The summed E-state index contributed by atoms with van der Waals surface area (Å²) in [5.41, 5.74) is 1.51. The van der Waals surface area contributed by atoms with Crippen LogP contribution < -0.4 is 10.2 Å². The Morgan fingerprint density at radius 3 is 2.30 bits per heavy atom. The van der Waals surface area contributed by atoms with Crippen LogP contribution in [0.25, 0.3) is 0 Å². The van der Waals surface area contributed by atoms with Crippen molar-refractivity contribution >= 4 is 29.2 Å². The van der Waals surface area contributed by atoms with Crippen LogP contribution in [0.15, 0.2) is 77.4 Å². The third-order valence-corrected chi connectivity index (χ3v) is 4.41. The molecule has 0 spiro atoms. The SMILES string of the molecule is CCN(C(=O)[C@H](C)OC(=O)c1ccc(NC(=O)c2ccco2)cc1)c1ccccc1. The van der Waals surface area contributed by atoms with E-state index in [1.54, 1.807) is 36.1 Å². The zero-order valence-corrected chi connectivity index (χ0v) is 16.7. The molecule has 0 saturated carbocycles. The van der Waals surface area contributed by atoms with Crippen molar-refractivity contribution in [3.05, 3.63) is 84.3 Å². The van der Waals surface area contributed by atoms with E-state index in [0.29, 0.717) is 12.2 Å². The summed E-state index contributed by atoms with van der Waals surface area (Å²) in [6, 6.07) is 18.6. The van der Waals surface area contributed by atoms with Crippen LogP contribution in [0.5, 0.6) is 0 Å². The molecule has 1 heterocycles. The molecule has 1 atom stereocenters. The van der Waals surface area contributed by atoms with Gasteiger partial charge >= 0.3 is 5.97 Å². The van der Waals surface area contributed by atoms with E-state index in [0.717, 1.165) is 5.69 Å². The van der Waals surface area contributed by atoms with Crippen LogP contribution in [0.1, 0.15) is 34.8 Å². The van der Waals surface area contributed by atoms with Crippen molar-refractivity contribution < 1.29 is 23.5 Å². The second-order valence-electron chi connectivity index (χ2n) is 6.47. The molecule has 0 fully saturated rings. The van der Waals surface area contributed by atoms with Gasteiger partial charge in [-0.3, -0.25) is 9.59 Å². The fourth-order valence-corrected chi connectivity index (χ4v) is 2.86. The monoisotopic (exact) mass is 406 g/mol. The summed E-state index contributed by atoms with van der Waals surface area (Å²) in [4.78, 5) is 38.7. The summed E-state index contributed by atoms with van der Waals surface area (Å²) >= 11 is 0. The maximum absolute atomic E-state index is 12.7. The molecule has 7 heteroatoms. The van der Waals surface area contributed by atoms with E-state index in [1.165, 1.54) is 18.4 Å². The number of ether oxygens (including phenoxy) is 1. The highest BCUT2D eigenvalue weighted by atomic mass is 16.5. The molecule has 0 bridgehead atoms. The number of nitrogens with zero attached hydrogens (tertiary/aromatic N) is 1. The van der Waals surface area contributed by atoms with E-state index in [9.17, 15) is 14.4 Å². The number of amides is 2. The molecule has 2 amide bonds. The molecule has 0 aliphatic heterocycles. The molecule has 0 saturated heterocycles. The summed E-state index contributed by atoms with van der Waals surface area (Å²) in [6.07, 6.45) is 0.462. The number of likely N-dealkylation sites (N-methyl/N-ethyl adjacent to an activating group) is 1. The van der Waals surface area contributed by atoms with E-state index in [2.05, 4.69) is 5.32 Å². The Labute approximate surface area is 174 Å². The summed E-state index contributed by atoms with van der Waals surface area (Å²) in [5.74, 6) is -1.14. The third-order valence-electron chi connectivity index (χ3n) is 4.41. The number of esters is 1. The standard InChI is InChI=1S/C23H22N2O5/c1-3-25(19-8-5-4-6-9-19)22(27)16(2)30-23(28)17-11-13-18(14-12-17)24-21(26)20-10-7-15-29-20/h4-16H,3H2,1-2H3,(H,24,26)/t16-/m0/s1. The number of furan rings is 1. The van der Waals surface area contributed by atoms with Crippen molar-refractivity contribution in [2.75, 3.05) is 16.8 Å². The smallest absolute Gasteiger partial charge is 0.338 e. The predicted molar refractivity (Wildman–Crippen MR) is 112 cm³/mol. The Hall–Kier alpha value is -3.87. The van der Waals surface area contributed by atoms with E-state index in [4.69, 9.17) is 9.15 Å². The van der Waals surface area contributed by atoms with Crippen molar-refractivity contribution in [1.29, 1.82) is 0 Å². The zero-order chi connectivity index (χ0) is 21.5. The molecular weight excluding hydrogens is 384 g/mol. The molecule has 2 aromatic carbocycles. The van der Waals surface area contributed by atoms with Crippen LogP contribution >= 0.6 is 0 Å². The molecular formula is C23H22N2O5. The van der Waals surface area contributed by atoms with Crippen molar-refractivity contribution in [2.24, 2.45) is 0 Å². The van der Waals surface area contributed by atoms with Gasteiger partial charge in [0.05, 0.1) is 11.8 Å². The van der Waals surface area contributed by atoms with Crippen LogP contribution in [-0.4, -0.2) is 30.4 Å². The summed E-state index contributed by atoms with van der Waals surface area (Å²) in [5, 5.41) is 2.66. The maximum atomic E-state index is 12.7. The Balaban J connectivity index is 1.61. The van der Waals surface area contributed by atoms with Crippen molar-refractivity contribution in [3.63, 3.8) is 0 Å². The molecule has 7 nitrogen and oxygen atoms in total. The summed E-state index contributed by atoms with van der Waals surface area (Å²) in [7, 11) is 0. The van der Waals surface area contributed by atoms with Gasteiger partial charge in [-0.2, -0.15) is 0 Å². The highest BCUT2D eigenvalue weighted by molar-refractivity contribution is 6.02. The first-order valence-electron chi connectivity index (χ1n) is 9.52. The first-order chi connectivity index (χ1) is 14.5. The molecule has 154 valence electrons. The minimum absolute atomic E-state index is 0.185. The number of para-hydroxylation sites is 1. The normalized spacial score (nSPS) is 11.4. The second kappa shape index (κ2) is 9.56. The van der Waals surface area contributed by atoms with E-state index < -0.39 is 18.0 Å². The quantitative estimate of drug-likeness (QED) is 0.596. The fraction of sp³-hybridized carbons (Fsp3) is 0.174. The highest BCUT2D eigenvalue weighted by Gasteiger charge is 2.24. The number of rotatable bonds is 7. The van der Waals surface area contributed by atoms with Crippen LogP contribution in [0.2, 0.25) is 0 Å². The Bertz CT molecular complexity index is 998. The topological polar surface area (TPSA) is 88.9 Å². The van der Waals surface area contributed by atoms with Gasteiger partial charge in [-0.15, -0.1) is 0 Å². The number of nitrogens with one attached hydrogen (secondary N) is 1. The molecule has 1 N–H and O–H groups in total. The minimum Gasteiger partial charge on any atom is -0.459 e. The van der Waals surface area contributed by atoms with Gasteiger partial charge in [0, 0.05) is 17.9 Å². The number of carbonyl (C=O) groups is 3. The third kappa shape index (κ3) is 4.94. The lowest BCUT2D eigenvalue weighted by molar-refractivity contribution is -0.126. The molecule has 3 rings (SSSR count). The Morgan fingerprint density at radius 1 is 1.00 bits per heavy atom. The molecule has 1 aromatic heterocycles. The fourth-order valence-electron chi connectivity index (χ4n) is 2.86. The van der Waals surface area contributed by atoms with Crippen LogP contribution in [-0.2, 0) is 9.53 Å². The first-order valence-corrected chi connectivity index (χ1v) is 9.52. The molecule has 30 heavy (non-hydrogen) atoms. The number of hydrogen-bond acceptors (Lipinski definition) is 5. The van der Waals surface area contributed by atoms with E-state index in [1.807, 2.05) is 37.3 Å². The summed E-state index contributed by atoms with van der Waals surface area (Å²) in [6.45, 7) is 3.85. The van der Waals surface area contributed by atoms with Crippen LogP contribution in [0.4, 0.5) is 11.4 Å². The van der Waals surface area contributed by atoms with Crippen molar-refractivity contribution in [3.8, 4) is 0 Å². The lowest BCUT2D eigenvalue weighted by Gasteiger charge is -2.24. The van der Waals surface area contributed by atoms with Gasteiger partial charge in [0.2, 0.25) is 0 Å². The number of anilines is 2. The first kappa shape index (κ1) is 20.9. The zero-order valence-electron chi connectivity index (χ0n) is 16.7. The van der Waals surface area contributed by atoms with Crippen molar-refractivity contribution in [1.82, 2.24) is 0 Å². The average molecular weight is 406 g/mol. The molecule has 0 aliphatic carbocycles. The molecule has 0 aliphatic rings. The van der Waals surface area contributed by atoms with Crippen LogP contribution in [0.3, 0.4) is 0 Å². The van der Waals surface area contributed by atoms with Gasteiger partial charge in [-0.05, 0) is 62.4 Å². The lowest BCUT2D eigenvalue weighted by Crippen LogP contribution is -2.40. The molecule has 0 radical (unpaired) electrons. The Kier molecular flexibility index (Phi) is 6.64. The van der Waals surface area contributed by atoms with Gasteiger partial charge in [0.15, 0.2) is 11.9 Å². The number of benzene rings is 2. The van der Waals surface area contributed by atoms with Gasteiger partial charge in [-0.25, -0.2) is 4.79 Å². The predicted octanol–water partition coefficient (Wildman–Crippen LogP) is 4.13. The van der Waals surface area contributed by atoms with Gasteiger partial charge in [0.1, 0.15) is 0 Å². The van der Waals surface area contributed by atoms with Gasteiger partial charge in [-0.1, -0.05) is 18.2 Å². The highest BCUT2D eigenvalue weighted by Crippen LogP contribution is 2.17. The Morgan fingerprint density at radius 2 is 1.70 bits per heavy atom. The van der Waals surface area contributed by atoms with Crippen molar-refractivity contribution in [2.45, 2.75) is 20.0 Å². The molecule has 0 unspecified atom stereocenters. The number of carbonyl (C=O) groups excluding carboxylic acids is 3. The van der Waals surface area contributed by atoms with E-state index in [-0.39, 0.29) is 17.2 Å². The summed E-state index contributed by atoms with van der Waals surface area (Å²) < 4.78 is 10.4. The lowest BCUT2D eigenvalue weighted by atomic mass is 10.2. The largest absolute Gasteiger partial charge is 0.459 e. The second-order valence-corrected chi connectivity index (χ2v) is 6.47. The minimum atomic E-state index is -0.948. The van der Waals surface area contributed by atoms with E-state index >= 15 is 0 Å². The van der Waals surface area contributed by atoms with Crippen LogP contribution in [0, 0.1) is 0 Å². The average Bonchev–Trinajstić information content (AvgIpc) is 3.30. The molecule has 3 aromatic rings. The number of hydrogen-bond donors (Lipinski definition) is 1. The van der Waals surface area contributed by atoms with Gasteiger partial charge < -0.3 is 19.4 Å².